The number of carbonyl (C=O) groups is 2. The molecule has 0 aromatic heterocycles. The zero-order valence-corrected chi connectivity index (χ0v) is 27.1. The smallest absolute Gasteiger partial charge is 0.315 e. The Morgan fingerprint density at radius 3 is 2.11 bits per heavy atom. The number of hydrogen-bond donors (Lipinski definition) is 0. The summed E-state index contributed by atoms with van der Waals surface area (Å²) in [6.45, 7) is 7.22. The molecule has 0 bridgehead atoms. The van der Waals surface area contributed by atoms with Crippen LogP contribution in [0.2, 0.25) is 0 Å². The maximum Gasteiger partial charge on any atom is 0.315 e. The molecule has 2 unspecified atom stereocenters. The Kier molecular flexibility index (Phi) is 9.46. The largest absolute Gasteiger partial charge is 0.468 e. The van der Waals surface area contributed by atoms with Gasteiger partial charge in [-0.2, -0.15) is 0 Å². The molecule has 2 aliphatic rings. The summed E-state index contributed by atoms with van der Waals surface area (Å²) in [4.78, 5) is 35.1. The van der Waals surface area contributed by atoms with Gasteiger partial charge in [0.25, 0.3) is 0 Å². The third-order valence-corrected chi connectivity index (χ3v) is 10.1. The molecule has 0 N–H and O–H groups in total. The van der Waals surface area contributed by atoms with Crippen LogP contribution in [0.1, 0.15) is 55.7 Å². The highest BCUT2D eigenvalue weighted by molar-refractivity contribution is 6.04. The van der Waals surface area contributed by atoms with Gasteiger partial charge in [0.1, 0.15) is 5.92 Å². The van der Waals surface area contributed by atoms with E-state index >= 15 is 0 Å². The second kappa shape index (κ2) is 13.8. The fraction of sp³-hybridized carbons (Fsp3) is 0.325. The van der Waals surface area contributed by atoms with Crippen molar-refractivity contribution in [1.29, 1.82) is 0 Å². The number of esters is 1. The van der Waals surface area contributed by atoms with E-state index in [-0.39, 0.29) is 17.3 Å². The summed E-state index contributed by atoms with van der Waals surface area (Å²) >= 11 is 0. The number of piperidine rings is 1. The van der Waals surface area contributed by atoms with Crippen LogP contribution in [0.3, 0.4) is 0 Å². The predicted molar refractivity (Wildman–Crippen MR) is 185 cm³/mol. The third kappa shape index (κ3) is 6.14. The Morgan fingerprint density at radius 1 is 0.891 bits per heavy atom. The number of aliphatic imine (C=N–C) groups is 1. The first-order valence-corrected chi connectivity index (χ1v) is 16.3. The fourth-order valence-corrected chi connectivity index (χ4v) is 7.70. The number of nitrogens with zero attached hydrogens (tertiary/aromatic N) is 3. The molecule has 2 heterocycles. The molecule has 236 valence electrons. The second-order valence-electron chi connectivity index (χ2n) is 12.6. The summed E-state index contributed by atoms with van der Waals surface area (Å²) in [5.74, 6) is -1.34. The number of allylic oxidation sites excluding steroid dienone is 2. The van der Waals surface area contributed by atoms with Gasteiger partial charge in [-0.1, -0.05) is 103 Å². The van der Waals surface area contributed by atoms with Crippen LogP contribution < -0.4 is 0 Å². The van der Waals surface area contributed by atoms with Gasteiger partial charge in [-0.3, -0.25) is 14.6 Å². The third-order valence-electron chi connectivity index (χ3n) is 10.1. The number of hydrogen-bond acceptors (Lipinski definition) is 5. The normalized spacial score (nSPS) is 19.8. The Labute approximate surface area is 272 Å². The summed E-state index contributed by atoms with van der Waals surface area (Å²) in [7, 11) is 1.41. The average Bonchev–Trinajstić information content (AvgIpc) is 3.11. The van der Waals surface area contributed by atoms with Crippen molar-refractivity contribution >= 4 is 28.9 Å². The number of fused-ring (bicyclic) bond motifs is 1. The Morgan fingerprint density at radius 2 is 1.50 bits per heavy atom. The molecule has 4 aromatic rings. The van der Waals surface area contributed by atoms with Gasteiger partial charge in [0, 0.05) is 23.6 Å². The van der Waals surface area contributed by atoms with Gasteiger partial charge in [-0.25, -0.2) is 0 Å². The van der Waals surface area contributed by atoms with Crippen LogP contribution in [0.5, 0.6) is 0 Å². The first kappa shape index (κ1) is 31.4. The number of methoxy groups -OCH3 is 1. The van der Waals surface area contributed by atoms with E-state index in [0.717, 1.165) is 73.0 Å². The van der Waals surface area contributed by atoms with Gasteiger partial charge >= 0.3 is 5.97 Å². The van der Waals surface area contributed by atoms with E-state index in [1.807, 2.05) is 26.0 Å². The minimum atomic E-state index is -0.612. The summed E-state index contributed by atoms with van der Waals surface area (Å²) in [6.07, 6.45) is 3.81. The lowest BCUT2D eigenvalue weighted by molar-refractivity contribution is -0.143. The first-order valence-electron chi connectivity index (χ1n) is 16.3. The summed E-state index contributed by atoms with van der Waals surface area (Å²) in [5.41, 5.74) is 5.97. The molecule has 1 fully saturated rings. The molecule has 2 atom stereocenters. The van der Waals surface area contributed by atoms with Gasteiger partial charge in [0.15, 0.2) is 0 Å². The van der Waals surface area contributed by atoms with Crippen LogP contribution in [0.4, 0.5) is 0 Å². The topological polar surface area (TPSA) is 62.2 Å². The minimum Gasteiger partial charge on any atom is -0.468 e. The van der Waals surface area contributed by atoms with Crippen molar-refractivity contribution in [3.05, 3.63) is 131 Å². The summed E-state index contributed by atoms with van der Waals surface area (Å²) in [5, 5.41) is 2.22. The van der Waals surface area contributed by atoms with Crippen molar-refractivity contribution < 1.29 is 14.3 Å². The Hall–Kier alpha value is -4.55. The summed E-state index contributed by atoms with van der Waals surface area (Å²) in [6, 6.07) is 36.3. The number of amides is 1. The number of ether oxygens (including phenoxy) is 1. The lowest BCUT2D eigenvalue weighted by atomic mass is 9.68. The number of likely N-dealkylation sites (tertiary alicyclic amines) is 1. The van der Waals surface area contributed by atoms with Crippen molar-refractivity contribution in [2.24, 2.45) is 10.9 Å². The van der Waals surface area contributed by atoms with Crippen LogP contribution in [0.15, 0.2) is 120 Å². The maximum atomic E-state index is 13.2. The number of benzene rings is 4. The van der Waals surface area contributed by atoms with Gasteiger partial charge in [0.2, 0.25) is 6.41 Å². The maximum absolute atomic E-state index is 13.2. The van der Waals surface area contributed by atoms with Gasteiger partial charge in [-0.05, 0) is 80.2 Å². The van der Waals surface area contributed by atoms with Crippen LogP contribution >= 0.6 is 0 Å². The van der Waals surface area contributed by atoms with Crippen molar-refractivity contribution in [3.8, 4) is 0 Å². The van der Waals surface area contributed by atoms with Crippen molar-refractivity contribution in [2.45, 2.75) is 44.4 Å². The van der Waals surface area contributed by atoms with Crippen molar-refractivity contribution in [3.63, 3.8) is 0 Å². The van der Waals surface area contributed by atoms with Crippen molar-refractivity contribution in [1.82, 2.24) is 9.80 Å². The Bertz CT molecular complexity index is 1700. The highest BCUT2D eigenvalue weighted by Gasteiger charge is 2.41. The number of rotatable bonds is 10. The van der Waals surface area contributed by atoms with E-state index in [0.29, 0.717) is 12.3 Å². The quantitative estimate of drug-likeness (QED) is 0.139. The molecule has 46 heavy (non-hydrogen) atoms. The molecule has 0 aliphatic carbocycles. The molecular formula is C40H43N3O3. The highest BCUT2D eigenvalue weighted by Crippen LogP contribution is 2.43. The molecule has 2 aliphatic heterocycles. The molecule has 0 saturated carbocycles. The van der Waals surface area contributed by atoms with Gasteiger partial charge < -0.3 is 14.5 Å². The van der Waals surface area contributed by atoms with E-state index in [1.165, 1.54) is 18.2 Å². The van der Waals surface area contributed by atoms with E-state index in [1.54, 1.807) is 4.90 Å². The molecule has 0 radical (unpaired) electrons. The fourth-order valence-electron chi connectivity index (χ4n) is 7.70. The molecule has 6 rings (SSSR count). The predicted octanol–water partition coefficient (Wildman–Crippen LogP) is 7.35. The second-order valence-corrected chi connectivity index (χ2v) is 12.6. The average molecular weight is 614 g/mol. The standard InChI is InChI=1S/C40H43N3O3/c1-29-36(39(45)46-3)37(33-20-19-31-13-10-11-14-32(31)27-33)38(30(2)41-29)43(28-44)24-12-23-42-25-21-40(22-26-42,34-15-6-4-7-16-34)35-17-8-5-9-18-35/h4-11,13-20,27-28,36-37H,12,21-26H2,1-3H3. The first-order chi connectivity index (χ1) is 22.4. The van der Waals surface area contributed by atoms with Crippen molar-refractivity contribution in [2.75, 3.05) is 33.3 Å². The SMILES string of the molecule is COC(=O)C1C(C)=NC(C)=C(N(C=O)CCCN2CCC(c3ccccc3)(c3ccccc3)CC2)C1c1ccc2ccccc2c1. The lowest BCUT2D eigenvalue weighted by Crippen LogP contribution is -2.44. The molecule has 1 amide bonds. The van der Waals surface area contributed by atoms with Crippen LogP contribution in [-0.4, -0.2) is 61.2 Å². The van der Waals surface area contributed by atoms with Crippen LogP contribution in [0.25, 0.3) is 10.8 Å². The zero-order valence-electron chi connectivity index (χ0n) is 27.1. The molecule has 6 nitrogen and oxygen atoms in total. The van der Waals surface area contributed by atoms with E-state index in [9.17, 15) is 9.59 Å². The number of carbonyl (C=O) groups excluding carboxylic acids is 2. The van der Waals surface area contributed by atoms with Crippen LogP contribution in [0, 0.1) is 5.92 Å². The highest BCUT2D eigenvalue weighted by atomic mass is 16.5. The van der Waals surface area contributed by atoms with Gasteiger partial charge in [0.05, 0.1) is 18.5 Å². The van der Waals surface area contributed by atoms with E-state index in [4.69, 9.17) is 9.73 Å². The van der Waals surface area contributed by atoms with Crippen LogP contribution in [-0.2, 0) is 19.7 Å². The lowest BCUT2D eigenvalue weighted by Gasteiger charge is -2.43. The van der Waals surface area contributed by atoms with E-state index < -0.39 is 5.92 Å². The van der Waals surface area contributed by atoms with E-state index in [2.05, 4.69) is 95.9 Å². The Balaban J connectivity index is 1.20. The summed E-state index contributed by atoms with van der Waals surface area (Å²) < 4.78 is 5.28. The van der Waals surface area contributed by atoms with Gasteiger partial charge in [-0.15, -0.1) is 0 Å². The molecule has 6 heteroatoms. The molecule has 0 spiro atoms. The molecule has 4 aromatic carbocycles. The molecule has 1 saturated heterocycles. The zero-order chi connectivity index (χ0) is 32.1. The monoisotopic (exact) mass is 613 g/mol. The minimum absolute atomic E-state index is 0.00368. The molecular weight excluding hydrogens is 570 g/mol.